The van der Waals surface area contributed by atoms with Crippen molar-refractivity contribution < 1.29 is 13.2 Å². The maximum Gasteiger partial charge on any atom is 0.259 e. The number of rotatable bonds is 4. The number of anilines is 1. The summed E-state index contributed by atoms with van der Waals surface area (Å²) in [4.78, 5) is 19.9. The van der Waals surface area contributed by atoms with Gasteiger partial charge in [0.2, 0.25) is 10.0 Å². The Bertz CT molecular complexity index is 819. The molecular weight excluding hydrogens is 363 g/mol. The average Bonchev–Trinajstić information content (AvgIpc) is 2.47. The zero-order valence-electron chi connectivity index (χ0n) is 12.1. The van der Waals surface area contributed by atoms with Crippen molar-refractivity contribution in [2.45, 2.75) is 4.90 Å². The summed E-state index contributed by atoms with van der Waals surface area (Å²) in [6, 6.07) is 2.71. The third-order valence-electron chi connectivity index (χ3n) is 2.84. The Morgan fingerprint density at radius 3 is 2.22 bits per heavy atom. The van der Waals surface area contributed by atoms with E-state index in [4.69, 9.17) is 23.2 Å². The number of aromatic nitrogens is 2. The highest BCUT2D eigenvalue weighted by atomic mass is 35.5. The predicted octanol–water partition coefficient (Wildman–Crippen LogP) is 2.29. The molecular formula is C13H12Cl2N4O3S. The van der Waals surface area contributed by atoms with Gasteiger partial charge in [0.05, 0.1) is 15.6 Å². The molecule has 0 aliphatic heterocycles. The van der Waals surface area contributed by atoms with E-state index >= 15 is 0 Å². The molecule has 2 rings (SSSR count). The molecule has 0 aliphatic rings. The fraction of sp³-hybridized carbons (Fsp3) is 0.154. The molecule has 7 nitrogen and oxygen atoms in total. The van der Waals surface area contributed by atoms with Crippen molar-refractivity contribution >= 4 is 45.0 Å². The van der Waals surface area contributed by atoms with E-state index in [1.165, 1.54) is 38.6 Å². The Kier molecular flexibility index (Phi) is 5.20. The predicted molar refractivity (Wildman–Crippen MR) is 87.3 cm³/mol. The minimum Gasteiger partial charge on any atom is -0.306 e. The van der Waals surface area contributed by atoms with Gasteiger partial charge in [-0.3, -0.25) is 9.78 Å². The maximum absolute atomic E-state index is 12.2. The van der Waals surface area contributed by atoms with Gasteiger partial charge in [-0.05, 0) is 12.1 Å². The zero-order chi connectivity index (χ0) is 17.2. The van der Waals surface area contributed by atoms with Gasteiger partial charge in [-0.1, -0.05) is 23.2 Å². The number of pyridine rings is 2. The van der Waals surface area contributed by atoms with Crippen LogP contribution >= 0.6 is 23.2 Å². The van der Waals surface area contributed by atoms with Crippen LogP contribution in [0.3, 0.4) is 0 Å². The van der Waals surface area contributed by atoms with E-state index in [9.17, 15) is 13.2 Å². The minimum atomic E-state index is -3.58. The van der Waals surface area contributed by atoms with Crippen LogP contribution in [0.2, 0.25) is 10.0 Å². The topological polar surface area (TPSA) is 92.3 Å². The molecule has 1 N–H and O–H groups in total. The Morgan fingerprint density at radius 2 is 1.74 bits per heavy atom. The summed E-state index contributed by atoms with van der Waals surface area (Å²) in [5.41, 5.74) is 0.0649. The van der Waals surface area contributed by atoms with Crippen LogP contribution in [-0.2, 0) is 10.0 Å². The number of nitrogens with zero attached hydrogens (tertiary/aromatic N) is 3. The van der Waals surface area contributed by atoms with Crippen molar-refractivity contribution in [1.29, 1.82) is 0 Å². The monoisotopic (exact) mass is 374 g/mol. The van der Waals surface area contributed by atoms with Crippen LogP contribution in [0, 0.1) is 0 Å². The van der Waals surface area contributed by atoms with E-state index in [1.807, 2.05) is 0 Å². The molecule has 0 aliphatic carbocycles. The molecule has 2 aromatic rings. The van der Waals surface area contributed by atoms with Crippen LogP contribution in [0.25, 0.3) is 0 Å². The number of halogens is 2. The Balaban J connectivity index is 2.24. The van der Waals surface area contributed by atoms with E-state index in [1.54, 1.807) is 0 Å². The number of hydrogen-bond acceptors (Lipinski definition) is 5. The molecule has 0 unspecified atom stereocenters. The number of amides is 1. The SMILES string of the molecule is CN(C)S(=O)(=O)c1ccc(NC(=O)c2c(Cl)cncc2Cl)nc1. The normalized spacial score (nSPS) is 11.5. The first-order chi connectivity index (χ1) is 10.7. The summed E-state index contributed by atoms with van der Waals surface area (Å²) in [6.45, 7) is 0. The van der Waals surface area contributed by atoms with E-state index in [0.29, 0.717) is 0 Å². The van der Waals surface area contributed by atoms with Gasteiger partial charge in [0.25, 0.3) is 5.91 Å². The average molecular weight is 375 g/mol. The first-order valence-electron chi connectivity index (χ1n) is 6.22. The number of carbonyl (C=O) groups excluding carboxylic acids is 1. The van der Waals surface area contributed by atoms with Crippen molar-refractivity contribution in [3.63, 3.8) is 0 Å². The lowest BCUT2D eigenvalue weighted by atomic mass is 10.2. The quantitative estimate of drug-likeness (QED) is 0.885. The Labute approximate surface area is 143 Å². The van der Waals surface area contributed by atoms with E-state index < -0.39 is 15.9 Å². The van der Waals surface area contributed by atoms with Crippen molar-refractivity contribution in [3.05, 3.63) is 46.3 Å². The highest BCUT2D eigenvalue weighted by Crippen LogP contribution is 2.24. The third-order valence-corrected chi connectivity index (χ3v) is 5.21. The third kappa shape index (κ3) is 3.78. The first-order valence-corrected chi connectivity index (χ1v) is 8.42. The summed E-state index contributed by atoms with van der Waals surface area (Å²) in [6.07, 6.45) is 3.74. The summed E-state index contributed by atoms with van der Waals surface area (Å²) in [5.74, 6) is -0.408. The molecule has 0 saturated carbocycles. The van der Waals surface area contributed by atoms with Crippen LogP contribution in [0.4, 0.5) is 5.82 Å². The van der Waals surface area contributed by atoms with Gasteiger partial charge in [0.1, 0.15) is 10.7 Å². The van der Waals surface area contributed by atoms with E-state index in [2.05, 4.69) is 15.3 Å². The molecule has 0 aromatic carbocycles. The summed E-state index contributed by atoms with van der Waals surface area (Å²) < 4.78 is 24.9. The lowest BCUT2D eigenvalue weighted by molar-refractivity contribution is 0.102. The van der Waals surface area contributed by atoms with Crippen LogP contribution in [-0.4, -0.2) is 42.7 Å². The second-order valence-corrected chi connectivity index (χ2v) is 7.57. The molecule has 0 saturated heterocycles. The Morgan fingerprint density at radius 1 is 1.13 bits per heavy atom. The number of carbonyl (C=O) groups is 1. The molecule has 0 fully saturated rings. The van der Waals surface area contributed by atoms with Crippen molar-refractivity contribution in [3.8, 4) is 0 Å². The molecule has 2 aromatic heterocycles. The molecule has 0 atom stereocenters. The molecule has 1 amide bonds. The maximum atomic E-state index is 12.2. The van der Waals surface area contributed by atoms with Crippen LogP contribution in [0.15, 0.2) is 35.6 Å². The van der Waals surface area contributed by atoms with Crippen molar-refractivity contribution in [1.82, 2.24) is 14.3 Å². The summed E-state index contributed by atoms with van der Waals surface area (Å²) in [5, 5.41) is 2.69. The van der Waals surface area contributed by atoms with Crippen LogP contribution in [0.5, 0.6) is 0 Å². The number of sulfonamides is 1. The van der Waals surface area contributed by atoms with Gasteiger partial charge in [-0.25, -0.2) is 17.7 Å². The van der Waals surface area contributed by atoms with Gasteiger partial charge in [-0.15, -0.1) is 0 Å². The van der Waals surface area contributed by atoms with Crippen molar-refractivity contribution in [2.75, 3.05) is 19.4 Å². The molecule has 0 spiro atoms. The second-order valence-electron chi connectivity index (χ2n) is 4.60. The lowest BCUT2D eigenvalue weighted by Gasteiger charge is -2.11. The largest absolute Gasteiger partial charge is 0.306 e. The molecule has 23 heavy (non-hydrogen) atoms. The molecule has 0 radical (unpaired) electrons. The lowest BCUT2D eigenvalue weighted by Crippen LogP contribution is -2.22. The van der Waals surface area contributed by atoms with Gasteiger partial charge in [0.15, 0.2) is 0 Å². The number of nitrogens with one attached hydrogen (secondary N) is 1. The van der Waals surface area contributed by atoms with Gasteiger partial charge < -0.3 is 5.32 Å². The van der Waals surface area contributed by atoms with Crippen molar-refractivity contribution in [2.24, 2.45) is 0 Å². The molecule has 122 valence electrons. The van der Waals surface area contributed by atoms with Crippen LogP contribution < -0.4 is 5.32 Å². The molecule has 0 bridgehead atoms. The van der Waals surface area contributed by atoms with E-state index in [-0.39, 0.29) is 26.3 Å². The smallest absolute Gasteiger partial charge is 0.259 e. The van der Waals surface area contributed by atoms with Crippen LogP contribution in [0.1, 0.15) is 10.4 Å². The Hall–Kier alpha value is -1.74. The van der Waals surface area contributed by atoms with Gasteiger partial charge >= 0.3 is 0 Å². The standard InChI is InChI=1S/C13H12Cl2N4O3S/c1-19(2)23(21,22)8-3-4-11(17-5-8)18-13(20)12-9(14)6-16-7-10(12)15/h3-7H,1-2H3,(H,17,18,20). The van der Waals surface area contributed by atoms with Gasteiger partial charge in [-0.2, -0.15) is 0 Å². The first kappa shape index (κ1) is 17.6. The second kappa shape index (κ2) is 6.79. The fourth-order valence-electron chi connectivity index (χ4n) is 1.62. The number of hydrogen-bond donors (Lipinski definition) is 1. The molecule has 10 heteroatoms. The zero-order valence-corrected chi connectivity index (χ0v) is 14.4. The van der Waals surface area contributed by atoms with Gasteiger partial charge in [0, 0.05) is 32.7 Å². The minimum absolute atomic E-state index is 0.0143. The summed E-state index contributed by atoms with van der Waals surface area (Å²) in [7, 11) is -0.750. The van der Waals surface area contributed by atoms with E-state index in [0.717, 1.165) is 10.5 Å². The highest BCUT2D eigenvalue weighted by molar-refractivity contribution is 7.89. The summed E-state index contributed by atoms with van der Waals surface area (Å²) >= 11 is 11.8. The highest BCUT2D eigenvalue weighted by Gasteiger charge is 2.19. The molecule has 2 heterocycles. The fourth-order valence-corrected chi connectivity index (χ4v) is 3.01.